The van der Waals surface area contributed by atoms with Crippen molar-refractivity contribution in [2.24, 2.45) is 5.92 Å². The highest BCUT2D eigenvalue weighted by Gasteiger charge is 2.19. The summed E-state index contributed by atoms with van der Waals surface area (Å²) in [7, 11) is 0. The van der Waals surface area contributed by atoms with Gasteiger partial charge in [0.15, 0.2) is 0 Å². The third-order valence-electron chi connectivity index (χ3n) is 3.37. The van der Waals surface area contributed by atoms with E-state index >= 15 is 0 Å². The Labute approximate surface area is 107 Å². The van der Waals surface area contributed by atoms with E-state index in [2.05, 4.69) is 0 Å². The lowest BCUT2D eigenvalue weighted by molar-refractivity contribution is -0.146. The van der Waals surface area contributed by atoms with E-state index in [1.165, 1.54) is 12.8 Å². The van der Waals surface area contributed by atoms with Crippen molar-refractivity contribution in [3.8, 4) is 0 Å². The Balaban J connectivity index is 1.81. The van der Waals surface area contributed by atoms with Crippen LogP contribution in [0.1, 0.15) is 37.7 Å². The van der Waals surface area contributed by atoms with Gasteiger partial charge in [0.25, 0.3) is 0 Å². The summed E-state index contributed by atoms with van der Waals surface area (Å²) in [6, 6.07) is 5.24. The molecule has 0 spiro atoms. The molecule has 0 atom stereocenters. The molecular formula is C14H20N2O2. The Morgan fingerprint density at radius 1 is 1.17 bits per heavy atom. The lowest BCUT2D eigenvalue weighted by Gasteiger charge is -2.09. The maximum absolute atomic E-state index is 11.7. The fourth-order valence-electron chi connectivity index (χ4n) is 2.50. The van der Waals surface area contributed by atoms with Gasteiger partial charge in [-0.1, -0.05) is 12.8 Å². The minimum Gasteiger partial charge on any atom is -0.461 e. The number of benzene rings is 1. The van der Waals surface area contributed by atoms with Crippen molar-refractivity contribution in [1.29, 1.82) is 0 Å². The number of hydrogen-bond donors (Lipinski definition) is 2. The second-order valence-corrected chi connectivity index (χ2v) is 5.02. The second kappa shape index (κ2) is 5.76. The van der Waals surface area contributed by atoms with Crippen LogP contribution in [-0.2, 0) is 16.1 Å². The van der Waals surface area contributed by atoms with E-state index in [9.17, 15) is 4.79 Å². The normalized spacial score (nSPS) is 15.8. The van der Waals surface area contributed by atoms with Crippen molar-refractivity contribution in [2.75, 3.05) is 11.5 Å². The zero-order valence-electron chi connectivity index (χ0n) is 10.5. The number of esters is 1. The Kier molecular flexibility index (Phi) is 4.07. The number of hydrogen-bond acceptors (Lipinski definition) is 4. The van der Waals surface area contributed by atoms with Crippen molar-refractivity contribution in [3.05, 3.63) is 23.8 Å². The van der Waals surface area contributed by atoms with Crippen LogP contribution >= 0.6 is 0 Å². The van der Waals surface area contributed by atoms with Gasteiger partial charge in [-0.15, -0.1) is 0 Å². The molecule has 0 unspecified atom stereocenters. The molecule has 1 fully saturated rings. The lowest BCUT2D eigenvalue weighted by Crippen LogP contribution is -2.09. The molecule has 1 aromatic carbocycles. The number of nitrogen functional groups attached to an aromatic ring is 2. The Hall–Kier alpha value is -1.71. The summed E-state index contributed by atoms with van der Waals surface area (Å²) < 4.78 is 5.25. The molecule has 0 saturated heterocycles. The topological polar surface area (TPSA) is 78.3 Å². The molecule has 0 aliphatic heterocycles. The molecule has 4 heteroatoms. The van der Waals surface area contributed by atoms with Crippen LogP contribution in [0.5, 0.6) is 0 Å². The van der Waals surface area contributed by atoms with Gasteiger partial charge in [0.1, 0.15) is 6.61 Å². The van der Waals surface area contributed by atoms with E-state index in [0.29, 0.717) is 23.7 Å². The van der Waals surface area contributed by atoms with Crippen LogP contribution in [0.4, 0.5) is 11.4 Å². The molecule has 1 aliphatic rings. The lowest BCUT2D eigenvalue weighted by atomic mass is 10.0. The van der Waals surface area contributed by atoms with Gasteiger partial charge in [-0.05, 0) is 42.5 Å². The standard InChI is InChI=1S/C14H20N2O2/c15-12-5-11(6-13(16)8-12)9-18-14(17)7-10-3-1-2-4-10/h5-6,8,10H,1-4,7,9,15-16H2. The third-order valence-corrected chi connectivity index (χ3v) is 3.37. The minimum atomic E-state index is -0.122. The molecular weight excluding hydrogens is 228 g/mol. The summed E-state index contributed by atoms with van der Waals surface area (Å²) >= 11 is 0. The molecule has 2 rings (SSSR count). The van der Waals surface area contributed by atoms with Gasteiger partial charge in [-0.2, -0.15) is 0 Å². The number of carbonyl (C=O) groups is 1. The van der Waals surface area contributed by atoms with Crippen molar-refractivity contribution in [1.82, 2.24) is 0 Å². The Morgan fingerprint density at radius 2 is 1.78 bits per heavy atom. The predicted molar refractivity (Wildman–Crippen MR) is 71.6 cm³/mol. The summed E-state index contributed by atoms with van der Waals surface area (Å²) in [6.07, 6.45) is 5.33. The quantitative estimate of drug-likeness (QED) is 0.633. The Morgan fingerprint density at radius 3 is 2.39 bits per heavy atom. The molecule has 18 heavy (non-hydrogen) atoms. The maximum Gasteiger partial charge on any atom is 0.306 e. The van der Waals surface area contributed by atoms with Crippen LogP contribution in [0.3, 0.4) is 0 Å². The van der Waals surface area contributed by atoms with Gasteiger partial charge in [0, 0.05) is 17.8 Å². The van der Waals surface area contributed by atoms with Gasteiger partial charge >= 0.3 is 5.97 Å². The number of rotatable bonds is 4. The second-order valence-electron chi connectivity index (χ2n) is 5.02. The summed E-state index contributed by atoms with van der Waals surface area (Å²) in [6.45, 7) is 0.251. The summed E-state index contributed by atoms with van der Waals surface area (Å²) in [4.78, 5) is 11.7. The van der Waals surface area contributed by atoms with Crippen molar-refractivity contribution >= 4 is 17.3 Å². The maximum atomic E-state index is 11.7. The predicted octanol–water partition coefficient (Wildman–Crippen LogP) is 2.47. The van der Waals surface area contributed by atoms with Crippen LogP contribution in [0.2, 0.25) is 0 Å². The molecule has 1 aromatic rings. The van der Waals surface area contributed by atoms with Crippen LogP contribution in [0.25, 0.3) is 0 Å². The minimum absolute atomic E-state index is 0.122. The average molecular weight is 248 g/mol. The number of anilines is 2. The number of carbonyl (C=O) groups excluding carboxylic acids is 1. The van der Waals surface area contributed by atoms with E-state index in [-0.39, 0.29) is 12.6 Å². The van der Waals surface area contributed by atoms with Gasteiger partial charge in [0.05, 0.1) is 0 Å². The van der Waals surface area contributed by atoms with Crippen molar-refractivity contribution in [2.45, 2.75) is 38.7 Å². The number of nitrogens with two attached hydrogens (primary N) is 2. The highest BCUT2D eigenvalue weighted by Crippen LogP contribution is 2.27. The molecule has 1 aliphatic carbocycles. The Bertz CT molecular complexity index is 406. The first-order valence-electron chi connectivity index (χ1n) is 6.44. The van der Waals surface area contributed by atoms with Crippen LogP contribution in [-0.4, -0.2) is 5.97 Å². The largest absolute Gasteiger partial charge is 0.461 e. The molecule has 98 valence electrons. The van der Waals surface area contributed by atoms with Gasteiger partial charge in [-0.3, -0.25) is 4.79 Å². The smallest absolute Gasteiger partial charge is 0.306 e. The molecule has 0 radical (unpaired) electrons. The zero-order chi connectivity index (χ0) is 13.0. The van der Waals surface area contributed by atoms with E-state index in [1.807, 2.05) is 0 Å². The van der Waals surface area contributed by atoms with Gasteiger partial charge < -0.3 is 16.2 Å². The van der Waals surface area contributed by atoms with E-state index in [0.717, 1.165) is 18.4 Å². The first-order valence-corrected chi connectivity index (χ1v) is 6.44. The van der Waals surface area contributed by atoms with Gasteiger partial charge in [0.2, 0.25) is 0 Å². The van der Waals surface area contributed by atoms with Crippen molar-refractivity contribution in [3.63, 3.8) is 0 Å². The SMILES string of the molecule is Nc1cc(N)cc(COC(=O)CC2CCCC2)c1. The van der Waals surface area contributed by atoms with Crippen LogP contribution in [0.15, 0.2) is 18.2 Å². The first kappa shape index (κ1) is 12.7. The molecule has 0 bridgehead atoms. The molecule has 1 saturated carbocycles. The fourth-order valence-corrected chi connectivity index (χ4v) is 2.50. The molecule has 0 aromatic heterocycles. The monoisotopic (exact) mass is 248 g/mol. The van der Waals surface area contributed by atoms with Crippen LogP contribution < -0.4 is 11.5 Å². The molecule has 0 heterocycles. The first-order chi connectivity index (χ1) is 8.63. The van der Waals surface area contributed by atoms with E-state index in [4.69, 9.17) is 16.2 Å². The van der Waals surface area contributed by atoms with E-state index < -0.39 is 0 Å². The third kappa shape index (κ3) is 3.65. The van der Waals surface area contributed by atoms with E-state index in [1.54, 1.807) is 18.2 Å². The molecule has 0 amide bonds. The summed E-state index contributed by atoms with van der Waals surface area (Å²) in [5, 5.41) is 0. The van der Waals surface area contributed by atoms with Gasteiger partial charge in [-0.25, -0.2) is 0 Å². The van der Waals surface area contributed by atoms with Crippen LogP contribution in [0, 0.1) is 5.92 Å². The zero-order valence-corrected chi connectivity index (χ0v) is 10.5. The number of ether oxygens (including phenoxy) is 1. The average Bonchev–Trinajstić information content (AvgIpc) is 2.78. The highest BCUT2D eigenvalue weighted by molar-refractivity contribution is 5.69. The fraction of sp³-hybridized carbons (Fsp3) is 0.500. The van der Waals surface area contributed by atoms with Crippen molar-refractivity contribution < 1.29 is 9.53 Å². The summed E-state index contributed by atoms with van der Waals surface area (Å²) in [5.41, 5.74) is 13.4. The highest BCUT2D eigenvalue weighted by atomic mass is 16.5. The summed E-state index contributed by atoms with van der Waals surface area (Å²) in [5.74, 6) is 0.395. The molecule has 4 nitrogen and oxygen atoms in total. The molecule has 4 N–H and O–H groups in total.